The fraction of sp³-hybridized carbons (Fsp3) is 0.560. The molecule has 1 unspecified atom stereocenters. The summed E-state index contributed by atoms with van der Waals surface area (Å²) in [7, 11) is 1.62. The van der Waals surface area contributed by atoms with Crippen molar-refractivity contribution in [3.8, 4) is 11.5 Å². The third-order valence-corrected chi connectivity index (χ3v) is 6.23. The van der Waals surface area contributed by atoms with Gasteiger partial charge in [-0.3, -0.25) is 0 Å². The van der Waals surface area contributed by atoms with E-state index in [2.05, 4.69) is 38.0 Å². The van der Waals surface area contributed by atoms with E-state index < -0.39 is 6.04 Å². The summed E-state index contributed by atoms with van der Waals surface area (Å²) >= 11 is 1.55. The lowest BCUT2D eigenvalue weighted by Gasteiger charge is -2.28. The van der Waals surface area contributed by atoms with E-state index in [1.54, 1.807) is 23.6 Å². The van der Waals surface area contributed by atoms with Crippen LogP contribution in [0, 0.1) is 5.92 Å². The molecule has 0 aliphatic carbocycles. The Morgan fingerprint density at radius 2 is 2.03 bits per heavy atom. The quantitative estimate of drug-likeness (QED) is 0.240. The summed E-state index contributed by atoms with van der Waals surface area (Å²) in [5, 5.41) is 8.59. The highest BCUT2D eigenvalue weighted by Gasteiger charge is 2.35. The lowest BCUT2D eigenvalue weighted by Crippen LogP contribution is -2.29. The molecule has 1 N–H and O–H groups in total. The van der Waals surface area contributed by atoms with E-state index in [0.29, 0.717) is 53.0 Å². The van der Waals surface area contributed by atoms with Crippen molar-refractivity contribution in [3.63, 3.8) is 0 Å². The summed E-state index contributed by atoms with van der Waals surface area (Å²) in [5.74, 6) is 2.93. The molecule has 186 valence electrons. The van der Waals surface area contributed by atoms with Gasteiger partial charge in [0.15, 0.2) is 11.5 Å². The molecule has 0 spiro atoms. The summed E-state index contributed by atoms with van der Waals surface area (Å²) in [4.78, 5) is 17.8. The summed E-state index contributed by atoms with van der Waals surface area (Å²) in [5.41, 5.74) is 2.06. The molecule has 1 aromatic carbocycles. The molecular formula is C25H36N4O4S. The van der Waals surface area contributed by atoms with Crippen LogP contribution in [0.5, 0.6) is 11.5 Å². The number of carbonyl (C=O) groups is 1. The smallest absolute Gasteiger partial charge is 0.338 e. The van der Waals surface area contributed by atoms with Crippen LogP contribution in [0.1, 0.15) is 65.5 Å². The molecule has 0 bridgehead atoms. The second kappa shape index (κ2) is 12.1. The third kappa shape index (κ3) is 6.05. The van der Waals surface area contributed by atoms with Gasteiger partial charge >= 0.3 is 5.97 Å². The van der Waals surface area contributed by atoms with Crippen LogP contribution in [-0.4, -0.2) is 46.8 Å². The number of hydrogen-bond donors (Lipinski definition) is 1. The molecule has 1 aliphatic rings. The molecule has 0 amide bonds. The predicted octanol–water partition coefficient (Wildman–Crippen LogP) is 5.46. The second-order valence-corrected chi connectivity index (χ2v) is 9.82. The molecule has 34 heavy (non-hydrogen) atoms. The number of rotatable bonds is 12. The summed E-state index contributed by atoms with van der Waals surface area (Å²) in [6.07, 6.45) is 2.72. The Kier molecular flexibility index (Phi) is 9.27. The van der Waals surface area contributed by atoms with Gasteiger partial charge < -0.3 is 19.5 Å². The second-order valence-electron chi connectivity index (χ2n) is 8.59. The molecule has 2 aromatic rings. The van der Waals surface area contributed by atoms with Crippen molar-refractivity contribution in [3.05, 3.63) is 35.0 Å². The van der Waals surface area contributed by atoms with Crippen LogP contribution in [0.4, 0.5) is 5.95 Å². The van der Waals surface area contributed by atoms with Gasteiger partial charge in [-0.05, 0) is 49.1 Å². The zero-order valence-corrected chi connectivity index (χ0v) is 21.8. The SMILES string of the molecule is CCCCOC(=O)C1=C(C)Nc2nc(SCC)nn2C1c1ccc(OCCC(C)C)c(OC)c1. The van der Waals surface area contributed by atoms with Gasteiger partial charge in [0.1, 0.15) is 6.04 Å². The number of carbonyl (C=O) groups excluding carboxylic acids is 1. The maximum absolute atomic E-state index is 13.2. The van der Waals surface area contributed by atoms with Crippen LogP contribution in [0.3, 0.4) is 0 Å². The van der Waals surface area contributed by atoms with E-state index in [1.165, 1.54) is 0 Å². The highest BCUT2D eigenvalue weighted by atomic mass is 32.2. The number of nitrogens with zero attached hydrogens (tertiary/aromatic N) is 3. The van der Waals surface area contributed by atoms with Crippen molar-refractivity contribution in [2.24, 2.45) is 5.92 Å². The highest BCUT2D eigenvalue weighted by Crippen LogP contribution is 2.39. The topological polar surface area (TPSA) is 87.5 Å². The lowest BCUT2D eigenvalue weighted by molar-refractivity contribution is -0.139. The maximum Gasteiger partial charge on any atom is 0.338 e. The highest BCUT2D eigenvalue weighted by molar-refractivity contribution is 7.99. The standard InChI is InChI=1S/C25H36N4O4S/c1-7-9-13-33-23(30)21-17(5)26-24-27-25(34-8-2)28-29(24)22(21)18-10-11-19(20(15-18)31-6)32-14-12-16(3)4/h10-11,15-16,22H,7-9,12-14H2,1-6H3,(H,26,27,28). The van der Waals surface area contributed by atoms with Crippen LogP contribution in [0.15, 0.2) is 34.6 Å². The number of ether oxygens (including phenoxy) is 3. The first-order valence-electron chi connectivity index (χ1n) is 11.9. The Balaban J connectivity index is 2.01. The Bertz CT molecular complexity index is 1020. The van der Waals surface area contributed by atoms with Gasteiger partial charge in [-0.15, -0.1) is 5.10 Å². The zero-order valence-electron chi connectivity index (χ0n) is 21.0. The Hall–Kier alpha value is -2.68. The average molecular weight is 489 g/mol. The molecule has 0 fully saturated rings. The van der Waals surface area contributed by atoms with Gasteiger partial charge in [0, 0.05) is 5.70 Å². The molecular weight excluding hydrogens is 452 g/mol. The number of aromatic nitrogens is 3. The van der Waals surface area contributed by atoms with Crippen molar-refractivity contribution >= 4 is 23.7 Å². The molecule has 8 nitrogen and oxygen atoms in total. The van der Waals surface area contributed by atoms with E-state index >= 15 is 0 Å². The number of fused-ring (bicyclic) bond motifs is 1. The molecule has 1 atom stereocenters. The van der Waals surface area contributed by atoms with Crippen molar-refractivity contribution < 1.29 is 19.0 Å². The van der Waals surface area contributed by atoms with Crippen molar-refractivity contribution in [1.29, 1.82) is 0 Å². The fourth-order valence-corrected chi connectivity index (χ4v) is 4.21. The van der Waals surface area contributed by atoms with E-state index in [9.17, 15) is 4.79 Å². The van der Waals surface area contributed by atoms with E-state index in [-0.39, 0.29) is 5.97 Å². The van der Waals surface area contributed by atoms with Crippen molar-refractivity contribution in [1.82, 2.24) is 14.8 Å². The van der Waals surface area contributed by atoms with Crippen LogP contribution in [0.25, 0.3) is 0 Å². The number of esters is 1. The van der Waals surface area contributed by atoms with Crippen LogP contribution in [-0.2, 0) is 9.53 Å². The van der Waals surface area contributed by atoms with E-state index in [0.717, 1.165) is 30.6 Å². The maximum atomic E-state index is 13.2. The minimum atomic E-state index is -0.498. The number of allylic oxidation sites excluding steroid dienone is 1. The van der Waals surface area contributed by atoms with Gasteiger partial charge in [-0.2, -0.15) is 4.98 Å². The van der Waals surface area contributed by atoms with Gasteiger partial charge in [0.25, 0.3) is 0 Å². The number of nitrogens with one attached hydrogen (secondary N) is 1. The Morgan fingerprint density at radius 3 is 2.71 bits per heavy atom. The van der Waals surface area contributed by atoms with E-state index in [1.807, 2.05) is 25.1 Å². The van der Waals surface area contributed by atoms with Gasteiger partial charge in [0.2, 0.25) is 11.1 Å². The third-order valence-electron chi connectivity index (χ3n) is 5.51. The first-order valence-corrected chi connectivity index (χ1v) is 12.9. The van der Waals surface area contributed by atoms with Crippen molar-refractivity contribution in [2.45, 2.75) is 65.1 Å². The first-order chi connectivity index (χ1) is 16.4. The van der Waals surface area contributed by atoms with Gasteiger partial charge in [0.05, 0.1) is 25.9 Å². The van der Waals surface area contributed by atoms with Gasteiger partial charge in [-0.1, -0.05) is 51.9 Å². The molecule has 1 aromatic heterocycles. The molecule has 3 rings (SSSR count). The lowest BCUT2D eigenvalue weighted by atomic mass is 9.95. The number of unbranched alkanes of at least 4 members (excludes halogenated alkanes) is 1. The van der Waals surface area contributed by atoms with Crippen LogP contribution < -0.4 is 14.8 Å². The molecule has 0 saturated carbocycles. The molecule has 0 saturated heterocycles. The monoisotopic (exact) mass is 488 g/mol. The number of benzene rings is 1. The number of thioether (sulfide) groups is 1. The normalized spacial score (nSPS) is 15.2. The number of hydrogen-bond acceptors (Lipinski definition) is 8. The fourth-order valence-electron chi connectivity index (χ4n) is 3.66. The Morgan fingerprint density at radius 1 is 1.24 bits per heavy atom. The predicted molar refractivity (Wildman–Crippen MR) is 135 cm³/mol. The van der Waals surface area contributed by atoms with Crippen molar-refractivity contribution in [2.75, 3.05) is 31.4 Å². The summed E-state index contributed by atoms with van der Waals surface area (Å²) < 4.78 is 19.0. The number of methoxy groups -OCH3 is 1. The first kappa shape index (κ1) is 25.9. The largest absolute Gasteiger partial charge is 0.493 e. The average Bonchev–Trinajstić information content (AvgIpc) is 3.20. The summed E-state index contributed by atoms with van der Waals surface area (Å²) in [6.45, 7) is 11.3. The zero-order chi connectivity index (χ0) is 24.7. The molecule has 1 aliphatic heterocycles. The van der Waals surface area contributed by atoms with Crippen LogP contribution >= 0.6 is 11.8 Å². The summed E-state index contributed by atoms with van der Waals surface area (Å²) in [6, 6.07) is 5.26. The number of anilines is 1. The molecule has 0 radical (unpaired) electrons. The molecule has 9 heteroatoms. The van der Waals surface area contributed by atoms with Gasteiger partial charge in [-0.25, -0.2) is 9.48 Å². The minimum Gasteiger partial charge on any atom is -0.493 e. The minimum absolute atomic E-state index is 0.356. The molecule has 2 heterocycles. The Labute approximate surface area is 206 Å². The van der Waals surface area contributed by atoms with Crippen LogP contribution in [0.2, 0.25) is 0 Å². The van der Waals surface area contributed by atoms with E-state index in [4.69, 9.17) is 19.3 Å².